The predicted molar refractivity (Wildman–Crippen MR) is 54.8 cm³/mol. The lowest BCUT2D eigenvalue weighted by molar-refractivity contribution is 0.174. The van der Waals surface area contributed by atoms with Crippen LogP contribution < -0.4 is 14.8 Å². The van der Waals surface area contributed by atoms with E-state index in [-0.39, 0.29) is 12.4 Å². The van der Waals surface area contributed by atoms with Crippen molar-refractivity contribution >= 4 is 0 Å². The summed E-state index contributed by atoms with van der Waals surface area (Å²) < 4.78 is 55.7. The van der Waals surface area contributed by atoms with Crippen molar-refractivity contribution in [3.8, 4) is 11.5 Å². The maximum atomic E-state index is 8.10. The number of ether oxygens (including phenoxy) is 2. The number of rotatable bonds is 3. The van der Waals surface area contributed by atoms with Crippen LogP contribution >= 0.6 is 0 Å². The molecular weight excluding hydrogens is 178 g/mol. The Balaban J connectivity index is 2.30. The summed E-state index contributed by atoms with van der Waals surface area (Å²) in [5.74, 6) is 0.944. The molecule has 0 saturated heterocycles. The summed E-state index contributed by atoms with van der Waals surface area (Å²) in [7, 11) is 0. The van der Waals surface area contributed by atoms with Crippen LogP contribution in [0.3, 0.4) is 0 Å². The number of hydrogen-bond acceptors (Lipinski definition) is 3. The van der Waals surface area contributed by atoms with E-state index in [1.807, 2.05) is 0 Å². The third kappa shape index (κ3) is 1.82. The zero-order chi connectivity index (χ0) is 15.1. The Labute approximate surface area is 92.5 Å². The first-order chi connectivity index (χ1) is 9.14. The lowest BCUT2D eigenvalue weighted by atomic mass is 10.1. The van der Waals surface area contributed by atoms with Crippen molar-refractivity contribution in [3.05, 3.63) is 23.8 Å². The first-order valence-corrected chi connectivity index (χ1v) is 4.32. The smallest absolute Gasteiger partial charge is 0.231 e. The Hall–Kier alpha value is -1.22. The lowest BCUT2D eigenvalue weighted by Crippen LogP contribution is -2.23. The zero-order valence-corrected chi connectivity index (χ0v) is 7.78. The molecule has 0 spiro atoms. The van der Waals surface area contributed by atoms with E-state index in [1.54, 1.807) is 6.07 Å². The molecular formula is C11H15NO2. The Bertz CT molecular complexity index is 504. The fraction of sp³-hybridized carbons (Fsp3) is 0.455. The summed E-state index contributed by atoms with van der Waals surface area (Å²) in [5, 5.41) is 0.303. The molecule has 0 aliphatic carbocycles. The fourth-order valence-electron chi connectivity index (χ4n) is 1.26. The molecule has 0 fully saturated rings. The van der Waals surface area contributed by atoms with E-state index in [0.717, 1.165) is 0 Å². The van der Waals surface area contributed by atoms with Crippen molar-refractivity contribution in [1.82, 2.24) is 5.31 Å². The first-order valence-electron chi connectivity index (χ1n) is 7.27. The minimum atomic E-state index is -2.68. The molecule has 1 atom stereocenters. The third-order valence-electron chi connectivity index (χ3n) is 1.94. The Kier molecular flexibility index (Phi) is 1.26. The summed E-state index contributed by atoms with van der Waals surface area (Å²) in [6.45, 7) is -1.23. The van der Waals surface area contributed by atoms with Gasteiger partial charge in [0.2, 0.25) is 6.79 Å². The van der Waals surface area contributed by atoms with Gasteiger partial charge in [0.1, 0.15) is 1.41 Å². The highest BCUT2D eigenvalue weighted by Crippen LogP contribution is 2.32. The van der Waals surface area contributed by atoms with Gasteiger partial charge in [0.25, 0.3) is 0 Å². The van der Waals surface area contributed by atoms with Gasteiger partial charge >= 0.3 is 0 Å². The van der Waals surface area contributed by atoms with Gasteiger partial charge in [-0.3, -0.25) is 0 Å². The van der Waals surface area contributed by atoms with E-state index in [9.17, 15) is 0 Å². The van der Waals surface area contributed by atoms with E-state index >= 15 is 0 Å². The molecule has 0 radical (unpaired) electrons. The standard InChI is InChI=1S/C11H15NO2/c1-8(12-2)5-9-3-4-10-11(6-9)14-7-13-10/h3-4,6,8,12H,5,7H2,1-2H3/i2D3,5D2/hD. The predicted octanol–water partition coefficient (Wildman–Crippen LogP) is 1.57. The SMILES string of the molecule is [2H]N(C(C)C([2H])([2H])c1ccc2c(c1)OCO2)C([2H])([2H])[2H]. The third-order valence-corrected chi connectivity index (χ3v) is 1.94. The van der Waals surface area contributed by atoms with Gasteiger partial charge in [0, 0.05) is 12.9 Å². The number of likely N-dealkylation sites (N-methyl/N-ethyl adjacent to an activating group) is 1. The van der Waals surface area contributed by atoms with Crippen LogP contribution in [0.15, 0.2) is 18.2 Å². The first kappa shape index (κ1) is 4.53. The zero-order valence-electron chi connectivity index (χ0n) is 13.8. The molecule has 1 aromatic rings. The average molecular weight is 199 g/mol. The van der Waals surface area contributed by atoms with Gasteiger partial charge in [-0.15, -0.1) is 0 Å². The van der Waals surface area contributed by atoms with Crippen LogP contribution in [0, 0.1) is 0 Å². The number of fused-ring (bicyclic) bond motifs is 1. The van der Waals surface area contributed by atoms with Gasteiger partial charge in [-0.2, -0.15) is 0 Å². The molecule has 3 nitrogen and oxygen atoms in total. The van der Waals surface area contributed by atoms with Crippen LogP contribution in [0.4, 0.5) is 0 Å². The monoisotopic (exact) mass is 199 g/mol. The van der Waals surface area contributed by atoms with E-state index < -0.39 is 19.4 Å². The maximum Gasteiger partial charge on any atom is 0.231 e. The molecule has 3 heteroatoms. The molecule has 1 heterocycles. The number of hydrogen-bond donors (Lipinski definition) is 1. The molecule has 1 N–H and O–H groups in total. The number of nitrogens with one attached hydrogen (secondary N) is 1. The van der Waals surface area contributed by atoms with Crippen LogP contribution in [0.2, 0.25) is 1.41 Å². The van der Waals surface area contributed by atoms with Crippen molar-refractivity contribution in [2.75, 3.05) is 13.8 Å². The molecule has 0 aromatic heterocycles. The second-order valence-corrected chi connectivity index (χ2v) is 3.02. The van der Waals surface area contributed by atoms with Crippen LogP contribution in [0.5, 0.6) is 11.5 Å². The quantitative estimate of drug-likeness (QED) is 0.801. The highest BCUT2D eigenvalue weighted by atomic mass is 16.7. The molecule has 1 aromatic carbocycles. The summed E-state index contributed by atoms with van der Waals surface area (Å²) in [6, 6.07) is 3.41. The minimum Gasteiger partial charge on any atom is -0.454 e. The van der Waals surface area contributed by atoms with E-state index in [0.29, 0.717) is 16.8 Å². The normalized spacial score (nSPS) is 24.1. The second-order valence-electron chi connectivity index (χ2n) is 3.02. The lowest BCUT2D eigenvalue weighted by Gasteiger charge is -2.09. The van der Waals surface area contributed by atoms with Crippen molar-refractivity contribution in [3.63, 3.8) is 0 Å². The van der Waals surface area contributed by atoms with Crippen molar-refractivity contribution in [2.24, 2.45) is 0 Å². The second kappa shape index (κ2) is 3.88. The van der Waals surface area contributed by atoms with Gasteiger partial charge in [-0.25, -0.2) is 0 Å². The highest BCUT2D eigenvalue weighted by molar-refractivity contribution is 5.44. The van der Waals surface area contributed by atoms with Crippen LogP contribution in [-0.4, -0.2) is 19.8 Å². The van der Waals surface area contributed by atoms with Crippen LogP contribution in [-0.2, 0) is 6.37 Å². The summed E-state index contributed by atoms with van der Waals surface area (Å²) in [4.78, 5) is 0. The van der Waals surface area contributed by atoms with Gasteiger partial charge < -0.3 is 14.8 Å². The Morgan fingerprint density at radius 1 is 1.64 bits per heavy atom. The molecule has 1 aliphatic rings. The molecule has 0 amide bonds. The van der Waals surface area contributed by atoms with Crippen molar-refractivity contribution in [1.29, 1.82) is 0 Å². The summed E-state index contributed by atoms with van der Waals surface area (Å²) >= 11 is 0. The van der Waals surface area contributed by atoms with E-state index in [2.05, 4.69) is 0 Å². The Morgan fingerprint density at radius 2 is 2.50 bits per heavy atom. The summed E-state index contributed by atoms with van der Waals surface area (Å²) in [6.07, 6.45) is -2.02. The van der Waals surface area contributed by atoms with Gasteiger partial charge in [0.05, 0.1) is 0 Å². The van der Waals surface area contributed by atoms with Crippen molar-refractivity contribution in [2.45, 2.75) is 19.3 Å². The molecule has 0 saturated carbocycles. The van der Waals surface area contributed by atoms with Gasteiger partial charge in [0.15, 0.2) is 11.5 Å². The molecule has 14 heavy (non-hydrogen) atoms. The summed E-state index contributed by atoms with van der Waals surface area (Å²) in [5.41, 5.74) is 0.246. The van der Waals surface area contributed by atoms with E-state index in [1.165, 1.54) is 19.1 Å². The number of benzene rings is 1. The fourth-order valence-corrected chi connectivity index (χ4v) is 1.26. The van der Waals surface area contributed by atoms with Crippen LogP contribution in [0.1, 0.15) is 19.3 Å². The Morgan fingerprint density at radius 3 is 3.36 bits per heavy atom. The highest BCUT2D eigenvalue weighted by Gasteiger charge is 2.13. The molecule has 76 valence electrons. The topological polar surface area (TPSA) is 30.5 Å². The van der Waals surface area contributed by atoms with E-state index in [4.69, 9.17) is 17.7 Å². The molecule has 2 rings (SSSR count). The molecule has 1 unspecified atom stereocenters. The van der Waals surface area contributed by atoms with Crippen LogP contribution in [0.25, 0.3) is 0 Å². The largest absolute Gasteiger partial charge is 0.454 e. The maximum absolute atomic E-state index is 8.10. The van der Waals surface area contributed by atoms with Crippen molar-refractivity contribution < 1.29 is 17.7 Å². The molecule has 0 bridgehead atoms. The van der Waals surface area contributed by atoms with Gasteiger partial charge in [-0.05, 0) is 38.0 Å². The molecule has 1 aliphatic heterocycles. The minimum absolute atomic E-state index is 0.0805. The van der Waals surface area contributed by atoms with Gasteiger partial charge in [-0.1, -0.05) is 6.07 Å². The average Bonchev–Trinajstić information content (AvgIpc) is 2.82.